The molecule has 0 spiro atoms. The average Bonchev–Trinajstić information content (AvgIpc) is 3.99. The zero-order valence-corrected chi connectivity index (χ0v) is 41.1. The molecule has 5 atom stereocenters. The standard InChI is InChI=1S/C55H76N4O5/c1-13-39-35(8)42-28-44-37(10)41(24-25-48(60)64-27-26-34(7)23-17-22-33(6)21-16-20-32(5)19-15-18-31(3)4)52(58-44)50-51(55(62)63-12)54(61)49-38(11)45(59-53(49)50)30-47-40(14-2)36(9)43(57-47)29-46(39)56-42/h26,28-33,37,41,51,58,61H,13-25,27H2,1-12H3/b34-26+,44-28?,46-29?,47-30?,52-50?/t32-,33-,37+,41+,51-/m1/s1. The zero-order chi connectivity index (χ0) is 46.4. The molecule has 2 N–H and O–H groups in total. The van der Waals surface area contributed by atoms with E-state index in [0.29, 0.717) is 29.0 Å². The average molecular weight is 873 g/mol. The molecule has 0 aromatic rings. The third-order valence-electron chi connectivity index (χ3n) is 14.6. The number of aliphatic imine (C=N–C) groups is 3. The minimum atomic E-state index is -1.06. The van der Waals surface area contributed by atoms with Crippen LogP contribution in [-0.2, 0) is 19.1 Å². The summed E-state index contributed by atoms with van der Waals surface area (Å²) in [4.78, 5) is 42.6. The number of nitrogens with zero attached hydrogens (tertiary/aromatic N) is 3. The number of esters is 2. The summed E-state index contributed by atoms with van der Waals surface area (Å²) in [5.74, 6) is 0.0828. The Balaban J connectivity index is 1.19. The smallest absolute Gasteiger partial charge is 0.321 e. The second-order valence-electron chi connectivity index (χ2n) is 19.7. The molecule has 0 amide bonds. The van der Waals surface area contributed by atoms with Crippen molar-refractivity contribution in [3.05, 3.63) is 103 Å². The molecule has 0 aromatic carbocycles. The summed E-state index contributed by atoms with van der Waals surface area (Å²) in [7, 11) is 1.34. The van der Waals surface area contributed by atoms with Crippen molar-refractivity contribution in [3.63, 3.8) is 0 Å². The van der Waals surface area contributed by atoms with Crippen LogP contribution in [0.3, 0.4) is 0 Å². The number of fused-ring (bicyclic) bond motifs is 5. The van der Waals surface area contributed by atoms with Crippen LogP contribution in [0.15, 0.2) is 118 Å². The predicted molar refractivity (Wildman–Crippen MR) is 262 cm³/mol. The predicted octanol–water partition coefficient (Wildman–Crippen LogP) is 13.2. The summed E-state index contributed by atoms with van der Waals surface area (Å²) in [6.07, 6.45) is 21.9. The van der Waals surface area contributed by atoms with Crippen molar-refractivity contribution in [3.8, 4) is 0 Å². The molecule has 6 rings (SSSR count). The molecule has 5 heterocycles. The first-order chi connectivity index (χ1) is 30.6. The van der Waals surface area contributed by atoms with Crippen LogP contribution in [-0.4, -0.2) is 47.9 Å². The number of methoxy groups -OCH3 is 1. The van der Waals surface area contributed by atoms with Crippen LogP contribution >= 0.6 is 0 Å². The van der Waals surface area contributed by atoms with Crippen LogP contribution in [0.2, 0.25) is 0 Å². The van der Waals surface area contributed by atoms with Gasteiger partial charge in [-0.3, -0.25) is 9.59 Å². The lowest BCUT2D eigenvalue weighted by atomic mass is 9.84. The van der Waals surface area contributed by atoms with E-state index in [1.165, 1.54) is 63.2 Å². The van der Waals surface area contributed by atoms with Crippen molar-refractivity contribution in [2.75, 3.05) is 13.7 Å². The number of rotatable bonds is 20. The third-order valence-corrected chi connectivity index (χ3v) is 14.6. The summed E-state index contributed by atoms with van der Waals surface area (Å²) in [5, 5.41) is 15.6. The molecular formula is C55H76N4O5. The van der Waals surface area contributed by atoms with E-state index in [2.05, 4.69) is 86.7 Å². The van der Waals surface area contributed by atoms with Gasteiger partial charge in [-0.2, -0.15) is 0 Å². The largest absolute Gasteiger partial charge is 0.510 e. The molecule has 346 valence electrons. The van der Waals surface area contributed by atoms with Gasteiger partial charge in [0.25, 0.3) is 0 Å². The summed E-state index contributed by atoms with van der Waals surface area (Å²) in [6, 6.07) is 0. The highest BCUT2D eigenvalue weighted by molar-refractivity contribution is 6.24. The summed E-state index contributed by atoms with van der Waals surface area (Å²) >= 11 is 0. The Morgan fingerprint density at radius 1 is 0.812 bits per heavy atom. The van der Waals surface area contributed by atoms with E-state index in [0.717, 1.165) is 99.9 Å². The lowest BCUT2D eigenvalue weighted by Gasteiger charge is -2.20. The van der Waals surface area contributed by atoms with Gasteiger partial charge in [-0.15, -0.1) is 0 Å². The molecule has 5 aliphatic heterocycles. The number of carbonyl (C=O) groups excluding carboxylic acids is 2. The van der Waals surface area contributed by atoms with Gasteiger partial charge in [0.15, 0.2) is 0 Å². The van der Waals surface area contributed by atoms with E-state index < -0.39 is 11.9 Å². The Hall–Kier alpha value is -4.79. The monoisotopic (exact) mass is 873 g/mol. The molecule has 0 saturated carbocycles. The quantitative estimate of drug-likeness (QED) is 0.0928. The van der Waals surface area contributed by atoms with Gasteiger partial charge in [-0.05, 0) is 130 Å². The summed E-state index contributed by atoms with van der Waals surface area (Å²) in [5.41, 5.74) is 14.1. The van der Waals surface area contributed by atoms with Gasteiger partial charge in [-0.1, -0.05) is 99.0 Å². The highest BCUT2D eigenvalue weighted by atomic mass is 16.5. The van der Waals surface area contributed by atoms with Crippen LogP contribution in [0.4, 0.5) is 0 Å². The van der Waals surface area contributed by atoms with Crippen LogP contribution in [0.1, 0.15) is 160 Å². The number of carbonyl (C=O) groups is 2. The number of ether oxygens (including phenoxy) is 2. The molecule has 6 aliphatic rings. The molecular weight excluding hydrogens is 797 g/mol. The van der Waals surface area contributed by atoms with Gasteiger partial charge in [0.2, 0.25) is 0 Å². The Bertz CT molecular complexity index is 2260. The molecule has 1 aliphatic carbocycles. The SMILES string of the molecule is CCC1=C(C)C2=NC1=CC1=C(C)C3=C(O)[C@H](C(=O)OC)C(=C4NC(=CC5=NC(=C2)C(CC)=C5C)[C@@H](C)[C@@H]4CCC(=O)OC/C=C(\C)CCC[C@H](C)CCC[C@H](C)CCCC(C)C)C3=N1. The maximum absolute atomic E-state index is 13.6. The van der Waals surface area contributed by atoms with Crippen LogP contribution in [0.25, 0.3) is 0 Å². The van der Waals surface area contributed by atoms with E-state index in [1.807, 2.05) is 19.1 Å². The Kier molecular flexibility index (Phi) is 16.3. The van der Waals surface area contributed by atoms with Gasteiger partial charge < -0.3 is 19.9 Å². The molecule has 8 bridgehead atoms. The van der Waals surface area contributed by atoms with Gasteiger partial charge in [0, 0.05) is 40.8 Å². The normalized spacial score (nSPS) is 22.8. The number of allylic oxidation sites excluding steroid dienone is 12. The maximum Gasteiger partial charge on any atom is 0.321 e. The third kappa shape index (κ3) is 10.7. The van der Waals surface area contributed by atoms with Crippen LogP contribution in [0, 0.1) is 35.5 Å². The summed E-state index contributed by atoms with van der Waals surface area (Å²) in [6.45, 7) is 24.4. The van der Waals surface area contributed by atoms with Gasteiger partial charge >= 0.3 is 11.9 Å². The first-order valence-corrected chi connectivity index (χ1v) is 24.4. The zero-order valence-electron chi connectivity index (χ0n) is 41.1. The maximum atomic E-state index is 13.6. The molecule has 0 aromatic heterocycles. The molecule has 1 saturated heterocycles. The van der Waals surface area contributed by atoms with Crippen LogP contribution < -0.4 is 5.32 Å². The van der Waals surface area contributed by atoms with E-state index >= 15 is 0 Å². The molecule has 0 radical (unpaired) electrons. The Morgan fingerprint density at radius 2 is 1.41 bits per heavy atom. The lowest BCUT2D eigenvalue weighted by Crippen LogP contribution is -2.25. The first kappa shape index (κ1) is 48.7. The van der Waals surface area contributed by atoms with Crippen molar-refractivity contribution in [1.29, 1.82) is 0 Å². The fourth-order valence-corrected chi connectivity index (χ4v) is 10.4. The molecule has 9 nitrogen and oxygen atoms in total. The van der Waals surface area contributed by atoms with Gasteiger partial charge in [0.1, 0.15) is 18.3 Å². The number of nitrogens with one attached hydrogen (secondary N) is 1. The molecule has 1 fully saturated rings. The fraction of sp³-hybridized carbons (Fsp3) is 0.582. The highest BCUT2D eigenvalue weighted by Crippen LogP contribution is 2.49. The van der Waals surface area contributed by atoms with Crippen molar-refractivity contribution in [2.24, 2.45) is 50.5 Å². The van der Waals surface area contributed by atoms with E-state index in [4.69, 9.17) is 24.5 Å². The number of aliphatic hydroxyl groups is 1. The highest BCUT2D eigenvalue weighted by Gasteiger charge is 2.49. The minimum absolute atomic E-state index is 0.0727. The summed E-state index contributed by atoms with van der Waals surface area (Å²) < 4.78 is 11.1. The topological polar surface area (TPSA) is 122 Å². The number of hydrogen-bond acceptors (Lipinski definition) is 9. The number of aliphatic hydroxyl groups excluding tert-OH is 1. The minimum Gasteiger partial charge on any atom is -0.510 e. The van der Waals surface area contributed by atoms with Gasteiger partial charge in [0.05, 0.1) is 41.3 Å². The lowest BCUT2D eigenvalue weighted by molar-refractivity contribution is -0.144. The van der Waals surface area contributed by atoms with E-state index in [-0.39, 0.29) is 36.6 Å². The van der Waals surface area contributed by atoms with E-state index in [1.54, 1.807) is 0 Å². The van der Waals surface area contributed by atoms with Crippen molar-refractivity contribution in [2.45, 2.75) is 160 Å². The Labute approximate surface area is 384 Å². The second kappa shape index (κ2) is 21.5. The van der Waals surface area contributed by atoms with Gasteiger partial charge in [-0.25, -0.2) is 15.0 Å². The second-order valence-corrected chi connectivity index (χ2v) is 19.7. The van der Waals surface area contributed by atoms with Crippen molar-refractivity contribution in [1.82, 2.24) is 5.32 Å². The van der Waals surface area contributed by atoms with E-state index in [9.17, 15) is 14.7 Å². The fourth-order valence-electron chi connectivity index (χ4n) is 10.4. The first-order valence-electron chi connectivity index (χ1n) is 24.4. The van der Waals surface area contributed by atoms with Crippen molar-refractivity contribution >= 4 is 29.1 Å². The molecule has 64 heavy (non-hydrogen) atoms. The Morgan fingerprint density at radius 3 is 2.02 bits per heavy atom. The van der Waals surface area contributed by atoms with Crippen LogP contribution in [0.5, 0.6) is 0 Å². The van der Waals surface area contributed by atoms with Crippen molar-refractivity contribution < 1.29 is 24.2 Å². The molecule has 0 unspecified atom stereocenters. The molecule has 9 heteroatoms. The number of hydrogen-bond donors (Lipinski definition) is 2.